The molecule has 2 aromatic heterocycles. The first-order chi connectivity index (χ1) is 17.9. The van der Waals surface area contributed by atoms with E-state index in [-0.39, 0.29) is 11.1 Å². The number of anilines is 1. The fourth-order valence-corrected chi connectivity index (χ4v) is 5.32. The van der Waals surface area contributed by atoms with E-state index in [1.165, 1.54) is 29.2 Å². The number of ether oxygens (including phenoxy) is 1. The number of sulfonamides is 1. The number of pyridine rings is 1. The number of hydrogen-bond donors (Lipinski definition) is 2. The number of carbonyl (C=O) groups is 1. The lowest BCUT2D eigenvalue weighted by Gasteiger charge is -2.36. The Morgan fingerprint density at radius 3 is 2.37 bits per heavy atom. The molecule has 1 aliphatic heterocycles. The molecule has 0 spiro atoms. The maximum absolute atomic E-state index is 12.5. The van der Waals surface area contributed by atoms with Gasteiger partial charge >= 0.3 is 12.1 Å². The van der Waals surface area contributed by atoms with Gasteiger partial charge in [-0.25, -0.2) is 14.8 Å². The molecule has 1 aromatic carbocycles. The van der Waals surface area contributed by atoms with E-state index in [1.54, 1.807) is 10.9 Å². The van der Waals surface area contributed by atoms with Crippen LogP contribution in [-0.2, 0) is 14.8 Å². The van der Waals surface area contributed by atoms with Gasteiger partial charge in [-0.1, -0.05) is 30.3 Å². The molecule has 14 heteroatoms. The van der Waals surface area contributed by atoms with Crippen molar-refractivity contribution in [3.8, 4) is 5.75 Å². The highest BCUT2D eigenvalue weighted by Crippen LogP contribution is 2.28. The Balaban J connectivity index is 0.000000505. The molecule has 0 radical (unpaired) electrons. The maximum Gasteiger partial charge on any atom is 0.490 e. The first-order valence-electron chi connectivity index (χ1n) is 11.5. The van der Waals surface area contributed by atoms with Crippen molar-refractivity contribution in [3.63, 3.8) is 0 Å². The average Bonchev–Trinajstić information content (AvgIpc) is 3.38. The molecule has 1 atom stereocenters. The summed E-state index contributed by atoms with van der Waals surface area (Å²) in [6.07, 6.45) is -1.65. The number of likely N-dealkylation sites (tertiary alicyclic amines) is 1. The minimum atomic E-state index is -5.08. The van der Waals surface area contributed by atoms with E-state index in [0.717, 1.165) is 31.5 Å². The molecule has 1 saturated heterocycles. The summed E-state index contributed by atoms with van der Waals surface area (Å²) in [6, 6.07) is 12.4. The number of nitrogens with one attached hydrogen (secondary N) is 1. The van der Waals surface area contributed by atoms with Crippen molar-refractivity contribution in [1.29, 1.82) is 0 Å². The van der Waals surface area contributed by atoms with Crippen LogP contribution in [0, 0.1) is 6.92 Å². The van der Waals surface area contributed by atoms with Crippen LogP contribution in [0.4, 0.5) is 19.0 Å². The number of carboxylic acids is 1. The summed E-state index contributed by atoms with van der Waals surface area (Å²) in [6.45, 7) is 5.99. The summed E-state index contributed by atoms with van der Waals surface area (Å²) in [5.74, 6) is -1.84. The zero-order valence-electron chi connectivity index (χ0n) is 20.6. The van der Waals surface area contributed by atoms with Crippen molar-refractivity contribution in [3.05, 3.63) is 64.6 Å². The van der Waals surface area contributed by atoms with E-state index < -0.39 is 22.2 Å². The van der Waals surface area contributed by atoms with Crippen LogP contribution in [0.5, 0.6) is 5.75 Å². The topological polar surface area (TPSA) is 122 Å². The minimum Gasteiger partial charge on any atom is -0.488 e. The number of piperidine rings is 1. The smallest absolute Gasteiger partial charge is 0.488 e. The monoisotopic (exact) mass is 572 g/mol. The number of aliphatic carboxylic acids is 1. The summed E-state index contributed by atoms with van der Waals surface area (Å²) in [7, 11) is -3.78. The molecule has 0 bridgehead atoms. The summed E-state index contributed by atoms with van der Waals surface area (Å²) >= 11 is 1.32. The highest BCUT2D eigenvalue weighted by atomic mass is 32.2. The average molecular weight is 573 g/mol. The number of aromatic nitrogens is 2. The molecule has 3 aromatic rings. The van der Waals surface area contributed by atoms with Gasteiger partial charge in [0, 0.05) is 24.5 Å². The third-order valence-electron chi connectivity index (χ3n) is 5.83. The van der Waals surface area contributed by atoms with Crippen molar-refractivity contribution in [1.82, 2.24) is 14.9 Å². The largest absolute Gasteiger partial charge is 0.490 e. The van der Waals surface area contributed by atoms with Crippen LogP contribution in [0.1, 0.15) is 36.9 Å². The summed E-state index contributed by atoms with van der Waals surface area (Å²) in [5, 5.41) is 8.71. The molecule has 4 rings (SSSR count). The molecule has 1 unspecified atom stereocenters. The number of carboxylic acid groups (broad SMARTS) is 1. The Hall–Kier alpha value is -3.23. The number of halogens is 3. The number of aryl methyl sites for hydroxylation is 1. The third-order valence-corrected chi connectivity index (χ3v) is 7.66. The molecule has 206 valence electrons. The SMILES string of the molecule is Cc1cc(S(=O)(=O)Nc2cscn2)ncc1OC1CCN(C(C)c2ccccc2)CC1.O=C(O)C(F)(F)F. The second kappa shape index (κ2) is 12.5. The quantitative estimate of drug-likeness (QED) is 0.411. The summed E-state index contributed by atoms with van der Waals surface area (Å²) in [4.78, 5) is 19.5. The van der Waals surface area contributed by atoms with Crippen LogP contribution in [-0.4, -0.2) is 59.7 Å². The van der Waals surface area contributed by atoms with Gasteiger partial charge in [0.05, 0.1) is 11.7 Å². The number of hydrogen-bond acceptors (Lipinski definition) is 8. The van der Waals surface area contributed by atoms with Gasteiger partial charge in [0.15, 0.2) is 10.8 Å². The Morgan fingerprint density at radius 2 is 1.84 bits per heavy atom. The highest BCUT2D eigenvalue weighted by Gasteiger charge is 2.38. The van der Waals surface area contributed by atoms with Crippen LogP contribution in [0.3, 0.4) is 0 Å². The number of thiazole rings is 1. The van der Waals surface area contributed by atoms with Crippen molar-refractivity contribution in [2.45, 2.75) is 50.0 Å². The third kappa shape index (κ3) is 8.13. The molecule has 9 nitrogen and oxygen atoms in total. The van der Waals surface area contributed by atoms with Gasteiger partial charge in [-0.15, -0.1) is 11.3 Å². The van der Waals surface area contributed by atoms with Crippen LogP contribution in [0.15, 0.2) is 58.5 Å². The van der Waals surface area contributed by atoms with E-state index in [2.05, 4.69) is 50.8 Å². The summed E-state index contributed by atoms with van der Waals surface area (Å²) in [5.41, 5.74) is 3.64. The van der Waals surface area contributed by atoms with Crippen molar-refractivity contribution in [2.24, 2.45) is 0 Å². The molecule has 38 heavy (non-hydrogen) atoms. The van der Waals surface area contributed by atoms with E-state index in [4.69, 9.17) is 14.6 Å². The van der Waals surface area contributed by atoms with Gasteiger partial charge in [-0.3, -0.25) is 9.62 Å². The minimum absolute atomic E-state index is 0.0446. The Kier molecular flexibility index (Phi) is 9.68. The van der Waals surface area contributed by atoms with Crippen molar-refractivity contribution in [2.75, 3.05) is 17.8 Å². The van der Waals surface area contributed by atoms with Crippen LogP contribution in [0.2, 0.25) is 0 Å². The predicted octanol–water partition coefficient (Wildman–Crippen LogP) is 4.89. The fraction of sp³-hybridized carbons (Fsp3) is 0.375. The first-order valence-corrected chi connectivity index (χ1v) is 13.9. The zero-order chi connectivity index (χ0) is 27.9. The molecular weight excluding hydrogens is 545 g/mol. The van der Waals surface area contributed by atoms with Crippen LogP contribution < -0.4 is 9.46 Å². The van der Waals surface area contributed by atoms with Gasteiger partial charge in [0.1, 0.15) is 11.9 Å². The standard InChI is InChI=1S/C22H26N4O3S2.C2HF3O2/c1-16-12-22(31(27,28)25-21-14-30-15-24-21)23-13-20(16)29-19-8-10-26(11-9-19)17(2)18-6-4-3-5-7-18;3-2(4,5)1(6)7/h3-7,12-15,17,19,25H,8-11H2,1-2H3;(H,6,7). The predicted molar refractivity (Wildman–Crippen MR) is 136 cm³/mol. The lowest BCUT2D eigenvalue weighted by Crippen LogP contribution is -2.39. The Morgan fingerprint density at radius 1 is 1.21 bits per heavy atom. The van der Waals surface area contributed by atoms with E-state index in [0.29, 0.717) is 17.6 Å². The second-order valence-electron chi connectivity index (χ2n) is 8.51. The number of alkyl halides is 3. The molecule has 1 fully saturated rings. The van der Waals surface area contributed by atoms with Crippen molar-refractivity contribution >= 4 is 33.1 Å². The van der Waals surface area contributed by atoms with Gasteiger partial charge in [-0.05, 0) is 43.9 Å². The number of rotatable bonds is 7. The van der Waals surface area contributed by atoms with E-state index in [1.807, 2.05) is 13.0 Å². The lowest BCUT2D eigenvalue weighted by molar-refractivity contribution is -0.192. The highest BCUT2D eigenvalue weighted by molar-refractivity contribution is 7.92. The number of benzene rings is 1. The molecular formula is C24H27F3N4O5S2. The molecule has 1 aliphatic rings. The van der Waals surface area contributed by atoms with Gasteiger partial charge in [0.25, 0.3) is 10.0 Å². The maximum atomic E-state index is 12.5. The zero-order valence-corrected chi connectivity index (χ0v) is 22.2. The van der Waals surface area contributed by atoms with Gasteiger partial charge in [-0.2, -0.15) is 21.6 Å². The van der Waals surface area contributed by atoms with Gasteiger partial charge in [0.2, 0.25) is 0 Å². The van der Waals surface area contributed by atoms with Crippen LogP contribution in [0.25, 0.3) is 0 Å². The normalized spacial score (nSPS) is 15.7. The Bertz CT molecular complexity index is 1300. The van der Waals surface area contributed by atoms with Crippen molar-refractivity contribution < 1.29 is 36.2 Å². The molecule has 2 N–H and O–H groups in total. The lowest BCUT2D eigenvalue weighted by atomic mass is 10.0. The van der Waals surface area contributed by atoms with E-state index in [9.17, 15) is 21.6 Å². The van der Waals surface area contributed by atoms with Gasteiger partial charge < -0.3 is 9.84 Å². The second-order valence-corrected chi connectivity index (χ2v) is 10.9. The molecule has 3 heterocycles. The van der Waals surface area contributed by atoms with Crippen LogP contribution >= 0.6 is 11.3 Å². The summed E-state index contributed by atoms with van der Waals surface area (Å²) < 4.78 is 65.4. The molecule has 0 saturated carbocycles. The number of nitrogens with zero attached hydrogens (tertiary/aromatic N) is 3. The molecule has 0 aliphatic carbocycles. The molecule has 0 amide bonds. The fourth-order valence-electron chi connectivity index (χ4n) is 3.74. The van der Waals surface area contributed by atoms with E-state index >= 15 is 0 Å². The first kappa shape index (κ1) is 29.3. The Labute approximate surface area is 222 Å².